The van der Waals surface area contributed by atoms with Gasteiger partial charge in [0.05, 0.1) is 0 Å². The van der Waals surface area contributed by atoms with Crippen LogP contribution in [0.1, 0.15) is 21.1 Å². The van der Waals surface area contributed by atoms with Crippen LogP contribution < -0.4 is 14.8 Å². The highest BCUT2D eigenvalue weighted by atomic mass is 16.7. The summed E-state index contributed by atoms with van der Waals surface area (Å²) in [5.74, 6) is -1.01. The minimum absolute atomic E-state index is 0.0833. The van der Waals surface area contributed by atoms with E-state index < -0.39 is 11.9 Å². The number of fused-ring (bicyclic) bond motifs is 1. The third kappa shape index (κ3) is 2.16. The first-order valence-corrected chi connectivity index (χ1v) is 5.67. The number of carbonyl (C=O) groups is 2. The van der Waals surface area contributed by atoms with Gasteiger partial charge < -0.3 is 24.3 Å². The molecule has 2 aromatic rings. The van der Waals surface area contributed by atoms with Gasteiger partial charge >= 0.3 is 5.97 Å². The van der Waals surface area contributed by atoms with E-state index >= 15 is 0 Å². The zero-order valence-electron chi connectivity index (χ0n) is 10.1. The molecule has 0 atom stereocenters. The topological polar surface area (TPSA) is 98.0 Å². The number of furan rings is 1. The van der Waals surface area contributed by atoms with Gasteiger partial charge in [0.1, 0.15) is 0 Å². The van der Waals surface area contributed by atoms with Crippen LogP contribution in [0.5, 0.6) is 11.5 Å². The number of benzene rings is 1. The van der Waals surface area contributed by atoms with Gasteiger partial charge in [-0.2, -0.15) is 0 Å². The lowest BCUT2D eigenvalue weighted by molar-refractivity contribution is 0.0660. The van der Waals surface area contributed by atoms with Crippen molar-refractivity contribution in [1.82, 2.24) is 0 Å². The summed E-state index contributed by atoms with van der Waals surface area (Å²) in [6.45, 7) is 0.146. The molecule has 3 rings (SSSR count). The number of hydrogen-bond acceptors (Lipinski definition) is 5. The summed E-state index contributed by atoms with van der Waals surface area (Å²) in [5, 5.41) is 11.3. The highest BCUT2D eigenvalue weighted by Gasteiger charge is 2.17. The van der Waals surface area contributed by atoms with Crippen LogP contribution in [-0.2, 0) is 0 Å². The van der Waals surface area contributed by atoms with Crippen molar-refractivity contribution in [3.63, 3.8) is 0 Å². The highest BCUT2D eigenvalue weighted by molar-refractivity contribution is 6.03. The SMILES string of the molecule is O=C(O)c1ccc(C(=O)Nc2ccc3c(c2)OCO3)o1. The van der Waals surface area contributed by atoms with Crippen molar-refractivity contribution in [2.24, 2.45) is 0 Å². The monoisotopic (exact) mass is 275 g/mol. The highest BCUT2D eigenvalue weighted by Crippen LogP contribution is 2.34. The zero-order chi connectivity index (χ0) is 14.1. The maximum atomic E-state index is 11.9. The second-order valence-corrected chi connectivity index (χ2v) is 3.99. The van der Waals surface area contributed by atoms with E-state index in [2.05, 4.69) is 5.32 Å². The maximum absolute atomic E-state index is 11.9. The van der Waals surface area contributed by atoms with Gasteiger partial charge in [-0.15, -0.1) is 0 Å². The van der Waals surface area contributed by atoms with Crippen LogP contribution in [-0.4, -0.2) is 23.8 Å². The van der Waals surface area contributed by atoms with Crippen LogP contribution in [0, 0.1) is 0 Å². The fraction of sp³-hybridized carbons (Fsp3) is 0.0769. The van der Waals surface area contributed by atoms with E-state index in [1.165, 1.54) is 12.1 Å². The Labute approximate surface area is 112 Å². The Kier molecular flexibility index (Phi) is 2.79. The van der Waals surface area contributed by atoms with E-state index in [1.54, 1.807) is 18.2 Å². The molecule has 20 heavy (non-hydrogen) atoms. The Morgan fingerprint density at radius 3 is 2.55 bits per heavy atom. The van der Waals surface area contributed by atoms with Crippen molar-refractivity contribution in [1.29, 1.82) is 0 Å². The normalized spacial score (nSPS) is 12.2. The molecule has 1 aromatic heterocycles. The van der Waals surface area contributed by atoms with Crippen LogP contribution >= 0.6 is 0 Å². The van der Waals surface area contributed by atoms with Crippen LogP contribution in [0.4, 0.5) is 5.69 Å². The van der Waals surface area contributed by atoms with Crippen molar-refractivity contribution < 1.29 is 28.6 Å². The van der Waals surface area contributed by atoms with Crippen molar-refractivity contribution in [2.75, 3.05) is 12.1 Å². The largest absolute Gasteiger partial charge is 0.475 e. The Morgan fingerprint density at radius 1 is 1.05 bits per heavy atom. The minimum atomic E-state index is -1.23. The third-order valence-electron chi connectivity index (χ3n) is 2.67. The van der Waals surface area contributed by atoms with Gasteiger partial charge in [0.25, 0.3) is 5.91 Å². The first-order valence-electron chi connectivity index (χ1n) is 5.67. The molecule has 1 aromatic carbocycles. The second-order valence-electron chi connectivity index (χ2n) is 3.99. The smallest absolute Gasteiger partial charge is 0.371 e. The van der Waals surface area contributed by atoms with Crippen molar-refractivity contribution in [2.45, 2.75) is 0 Å². The van der Waals surface area contributed by atoms with E-state index in [0.717, 1.165) is 0 Å². The first kappa shape index (κ1) is 12.1. The Bertz CT molecular complexity index is 690. The molecule has 0 unspecified atom stereocenters. The summed E-state index contributed by atoms with van der Waals surface area (Å²) >= 11 is 0. The molecule has 0 bridgehead atoms. The lowest BCUT2D eigenvalue weighted by Gasteiger charge is -2.04. The number of amides is 1. The molecular formula is C13H9NO6. The molecule has 2 heterocycles. The van der Waals surface area contributed by atoms with Crippen molar-refractivity contribution in [3.8, 4) is 11.5 Å². The van der Waals surface area contributed by atoms with E-state index in [4.69, 9.17) is 19.0 Å². The second kappa shape index (κ2) is 4.61. The fourth-order valence-corrected chi connectivity index (χ4v) is 1.74. The molecule has 0 aliphatic carbocycles. The lowest BCUT2D eigenvalue weighted by atomic mass is 10.2. The quantitative estimate of drug-likeness (QED) is 0.888. The average molecular weight is 275 g/mol. The summed E-state index contributed by atoms with van der Waals surface area (Å²) in [6, 6.07) is 7.44. The molecule has 7 nitrogen and oxygen atoms in total. The van der Waals surface area contributed by atoms with Crippen molar-refractivity contribution in [3.05, 3.63) is 41.9 Å². The molecule has 0 spiro atoms. The number of ether oxygens (including phenoxy) is 2. The number of carboxylic acid groups (broad SMARTS) is 1. The number of nitrogens with one attached hydrogen (secondary N) is 1. The zero-order valence-corrected chi connectivity index (χ0v) is 10.1. The van der Waals surface area contributed by atoms with Gasteiger partial charge in [0, 0.05) is 11.8 Å². The maximum Gasteiger partial charge on any atom is 0.371 e. The standard InChI is InChI=1S/C13H9NO6/c15-12(9-3-4-10(20-9)13(16)17)14-7-1-2-8-11(5-7)19-6-18-8/h1-5H,6H2,(H,14,15)(H,16,17). The number of carboxylic acids is 1. The summed E-state index contributed by atoms with van der Waals surface area (Å²) in [4.78, 5) is 22.5. The molecule has 7 heteroatoms. The van der Waals surface area contributed by atoms with Gasteiger partial charge in [0.2, 0.25) is 12.6 Å². The summed E-state index contributed by atoms with van der Waals surface area (Å²) in [7, 11) is 0. The predicted octanol–water partition coefficient (Wildman–Crippen LogP) is 1.96. The van der Waals surface area contributed by atoms with Crippen molar-refractivity contribution >= 4 is 17.6 Å². The molecule has 0 saturated heterocycles. The van der Waals surface area contributed by atoms with Gasteiger partial charge in [-0.3, -0.25) is 4.79 Å². The minimum Gasteiger partial charge on any atom is -0.475 e. The van der Waals surface area contributed by atoms with E-state index in [1.807, 2.05) is 0 Å². The molecule has 0 radical (unpaired) electrons. The van der Waals surface area contributed by atoms with Gasteiger partial charge in [-0.1, -0.05) is 0 Å². The number of anilines is 1. The van der Waals surface area contributed by atoms with Gasteiger partial charge in [-0.25, -0.2) is 4.79 Å². The van der Waals surface area contributed by atoms with Gasteiger partial charge in [-0.05, 0) is 24.3 Å². The Balaban J connectivity index is 1.76. The molecule has 1 amide bonds. The average Bonchev–Trinajstić information content (AvgIpc) is 3.07. The van der Waals surface area contributed by atoms with E-state index in [0.29, 0.717) is 17.2 Å². The third-order valence-corrected chi connectivity index (χ3v) is 2.67. The molecule has 1 aliphatic heterocycles. The van der Waals surface area contributed by atoms with E-state index in [-0.39, 0.29) is 18.3 Å². The predicted molar refractivity (Wildman–Crippen MR) is 66.2 cm³/mol. The summed E-state index contributed by atoms with van der Waals surface area (Å²) in [5.41, 5.74) is 0.493. The van der Waals surface area contributed by atoms with Crippen LogP contribution in [0.2, 0.25) is 0 Å². The van der Waals surface area contributed by atoms with Crippen LogP contribution in [0.15, 0.2) is 34.7 Å². The number of aromatic carboxylic acids is 1. The Hall–Kier alpha value is -2.96. The van der Waals surface area contributed by atoms with Crippen LogP contribution in [0.25, 0.3) is 0 Å². The van der Waals surface area contributed by atoms with Crippen LogP contribution in [0.3, 0.4) is 0 Å². The number of hydrogen-bond donors (Lipinski definition) is 2. The number of carbonyl (C=O) groups excluding carboxylic acids is 1. The molecule has 1 aliphatic rings. The summed E-state index contributed by atoms with van der Waals surface area (Å²) in [6.07, 6.45) is 0. The molecule has 0 saturated carbocycles. The fourth-order valence-electron chi connectivity index (χ4n) is 1.74. The Morgan fingerprint density at radius 2 is 1.80 bits per heavy atom. The molecule has 2 N–H and O–H groups in total. The first-order chi connectivity index (χ1) is 9.63. The van der Waals surface area contributed by atoms with Gasteiger partial charge in [0.15, 0.2) is 17.3 Å². The molecule has 0 fully saturated rings. The van der Waals surface area contributed by atoms with E-state index in [9.17, 15) is 9.59 Å². The molecular weight excluding hydrogens is 266 g/mol. The molecule has 102 valence electrons. The summed E-state index contributed by atoms with van der Waals surface area (Å²) < 4.78 is 15.2. The lowest BCUT2D eigenvalue weighted by Crippen LogP contribution is -2.10. The number of rotatable bonds is 3.